The fraction of sp³-hybridized carbons (Fsp3) is 0.0667. The van der Waals surface area contributed by atoms with E-state index in [1.165, 1.54) is 26.2 Å². The van der Waals surface area contributed by atoms with E-state index in [1.807, 2.05) is 18.4 Å². The lowest BCUT2D eigenvalue weighted by Crippen LogP contribution is -1.89. The number of rotatable bonds is 2. The van der Waals surface area contributed by atoms with Crippen molar-refractivity contribution in [2.75, 3.05) is 12.4 Å². The Morgan fingerprint density at radius 3 is 2.53 bits per heavy atom. The number of para-hydroxylation sites is 1. The van der Waals surface area contributed by atoms with Crippen LogP contribution < -0.4 is 5.32 Å². The van der Waals surface area contributed by atoms with E-state index in [0.717, 1.165) is 0 Å². The minimum Gasteiger partial charge on any atom is -0.388 e. The van der Waals surface area contributed by atoms with Crippen molar-refractivity contribution >= 4 is 27.1 Å². The zero-order chi connectivity index (χ0) is 11.7. The molecule has 0 bridgehead atoms. The molecule has 0 aliphatic carbocycles. The van der Waals surface area contributed by atoms with Gasteiger partial charge in [0.05, 0.1) is 0 Å². The van der Waals surface area contributed by atoms with Crippen molar-refractivity contribution < 1.29 is 0 Å². The molecule has 1 heterocycles. The predicted octanol–water partition coefficient (Wildman–Crippen LogP) is 4.61. The third-order valence-electron chi connectivity index (χ3n) is 2.89. The number of fused-ring (bicyclic) bond motifs is 1. The van der Waals surface area contributed by atoms with Crippen molar-refractivity contribution in [1.82, 2.24) is 0 Å². The molecule has 0 aliphatic heterocycles. The fourth-order valence-corrected chi connectivity index (χ4v) is 3.13. The standard InChI is InChI=1S/C15H13NS/c1-16-13-8-4-3-7-12(13)15-10-11-6-2-5-9-14(11)17-15/h2-10,16H,1H3. The average Bonchev–Trinajstić information content (AvgIpc) is 2.82. The van der Waals surface area contributed by atoms with Gasteiger partial charge in [0, 0.05) is 27.9 Å². The first kappa shape index (κ1) is 10.4. The first-order valence-electron chi connectivity index (χ1n) is 5.64. The van der Waals surface area contributed by atoms with Crippen LogP contribution in [-0.2, 0) is 0 Å². The minimum absolute atomic E-state index is 1.18. The van der Waals surface area contributed by atoms with Crippen molar-refractivity contribution in [2.24, 2.45) is 0 Å². The van der Waals surface area contributed by atoms with Crippen LogP contribution in [0, 0.1) is 0 Å². The topological polar surface area (TPSA) is 12.0 Å². The number of nitrogens with one attached hydrogen (secondary N) is 1. The zero-order valence-corrected chi connectivity index (χ0v) is 10.4. The maximum Gasteiger partial charge on any atom is 0.0425 e. The third-order valence-corrected chi connectivity index (χ3v) is 4.04. The number of thiophene rings is 1. The van der Waals surface area contributed by atoms with Gasteiger partial charge in [0.25, 0.3) is 0 Å². The highest BCUT2D eigenvalue weighted by molar-refractivity contribution is 7.22. The van der Waals surface area contributed by atoms with Gasteiger partial charge in [0.1, 0.15) is 0 Å². The Bertz CT molecular complexity index is 622. The quantitative estimate of drug-likeness (QED) is 0.688. The molecule has 2 aromatic carbocycles. The summed E-state index contributed by atoms with van der Waals surface area (Å²) in [5.41, 5.74) is 2.45. The van der Waals surface area contributed by atoms with Crippen LogP contribution in [0.1, 0.15) is 0 Å². The van der Waals surface area contributed by atoms with Gasteiger partial charge >= 0.3 is 0 Å². The summed E-state index contributed by atoms with van der Waals surface area (Å²) in [5.74, 6) is 0. The molecule has 84 valence electrons. The van der Waals surface area contributed by atoms with Crippen LogP contribution in [0.15, 0.2) is 54.6 Å². The van der Waals surface area contributed by atoms with E-state index >= 15 is 0 Å². The lowest BCUT2D eigenvalue weighted by Gasteiger charge is -2.05. The van der Waals surface area contributed by atoms with Crippen molar-refractivity contribution in [3.05, 3.63) is 54.6 Å². The highest BCUT2D eigenvalue weighted by Gasteiger charge is 2.06. The molecular formula is C15H13NS. The van der Waals surface area contributed by atoms with Crippen LogP contribution in [0.5, 0.6) is 0 Å². The highest BCUT2D eigenvalue weighted by atomic mass is 32.1. The van der Waals surface area contributed by atoms with E-state index in [0.29, 0.717) is 0 Å². The van der Waals surface area contributed by atoms with Gasteiger partial charge in [-0.05, 0) is 23.6 Å². The maximum absolute atomic E-state index is 3.25. The second-order valence-corrected chi connectivity index (χ2v) is 5.03. The molecule has 0 radical (unpaired) electrons. The summed E-state index contributed by atoms with van der Waals surface area (Å²) in [5, 5.41) is 4.56. The zero-order valence-electron chi connectivity index (χ0n) is 9.60. The van der Waals surface area contributed by atoms with Crippen molar-refractivity contribution in [2.45, 2.75) is 0 Å². The second kappa shape index (κ2) is 4.22. The van der Waals surface area contributed by atoms with Crippen LogP contribution >= 0.6 is 11.3 Å². The molecule has 0 spiro atoms. The Morgan fingerprint density at radius 2 is 1.71 bits per heavy atom. The molecule has 0 saturated carbocycles. The summed E-state index contributed by atoms with van der Waals surface area (Å²) in [6.07, 6.45) is 0. The van der Waals surface area contributed by atoms with E-state index in [1.54, 1.807) is 0 Å². The van der Waals surface area contributed by atoms with Gasteiger partial charge in [-0.15, -0.1) is 11.3 Å². The van der Waals surface area contributed by atoms with Gasteiger partial charge in [-0.25, -0.2) is 0 Å². The normalized spacial score (nSPS) is 10.6. The summed E-state index contributed by atoms with van der Waals surface area (Å²) in [6.45, 7) is 0. The Balaban J connectivity index is 2.20. The Hall–Kier alpha value is -1.80. The van der Waals surface area contributed by atoms with Gasteiger partial charge in [-0.3, -0.25) is 0 Å². The van der Waals surface area contributed by atoms with Crippen LogP contribution in [-0.4, -0.2) is 7.05 Å². The van der Waals surface area contributed by atoms with E-state index in [4.69, 9.17) is 0 Å². The largest absolute Gasteiger partial charge is 0.388 e. The molecule has 0 amide bonds. The Labute approximate surface area is 105 Å². The summed E-state index contributed by atoms with van der Waals surface area (Å²) >= 11 is 1.84. The van der Waals surface area contributed by atoms with Crippen molar-refractivity contribution in [3.8, 4) is 10.4 Å². The molecule has 0 aliphatic rings. The smallest absolute Gasteiger partial charge is 0.0425 e. The summed E-state index contributed by atoms with van der Waals surface area (Å²) < 4.78 is 1.34. The van der Waals surface area contributed by atoms with Crippen LogP contribution in [0.25, 0.3) is 20.5 Å². The Morgan fingerprint density at radius 1 is 0.941 bits per heavy atom. The molecule has 1 N–H and O–H groups in total. The van der Waals surface area contributed by atoms with Crippen LogP contribution in [0.3, 0.4) is 0 Å². The SMILES string of the molecule is CNc1ccccc1-c1cc2ccccc2s1. The fourth-order valence-electron chi connectivity index (χ4n) is 2.03. The molecule has 3 aromatic rings. The lowest BCUT2D eigenvalue weighted by molar-refractivity contribution is 1.52. The minimum atomic E-state index is 1.18. The maximum atomic E-state index is 3.25. The van der Waals surface area contributed by atoms with Gasteiger partial charge in [-0.1, -0.05) is 36.4 Å². The summed E-state index contributed by atoms with van der Waals surface area (Å²) in [6, 6.07) is 19.2. The van der Waals surface area contributed by atoms with Crippen LogP contribution in [0.2, 0.25) is 0 Å². The number of hydrogen-bond acceptors (Lipinski definition) is 2. The molecule has 1 aromatic heterocycles. The highest BCUT2D eigenvalue weighted by Crippen LogP contribution is 2.36. The summed E-state index contributed by atoms with van der Waals surface area (Å²) in [4.78, 5) is 1.32. The van der Waals surface area contributed by atoms with E-state index in [-0.39, 0.29) is 0 Å². The first-order chi connectivity index (χ1) is 8.38. The Kier molecular flexibility index (Phi) is 2.57. The molecule has 1 nitrogen and oxygen atoms in total. The summed E-state index contributed by atoms with van der Waals surface area (Å²) in [7, 11) is 1.96. The van der Waals surface area contributed by atoms with Crippen molar-refractivity contribution in [3.63, 3.8) is 0 Å². The average molecular weight is 239 g/mol. The van der Waals surface area contributed by atoms with Gasteiger partial charge < -0.3 is 5.32 Å². The molecule has 17 heavy (non-hydrogen) atoms. The second-order valence-electron chi connectivity index (χ2n) is 3.94. The molecule has 2 heteroatoms. The first-order valence-corrected chi connectivity index (χ1v) is 6.46. The predicted molar refractivity (Wildman–Crippen MR) is 76.8 cm³/mol. The molecule has 0 unspecified atom stereocenters. The molecule has 0 atom stereocenters. The molecule has 3 rings (SSSR count). The van der Waals surface area contributed by atoms with E-state index in [2.05, 4.69) is 59.9 Å². The molecule has 0 fully saturated rings. The van der Waals surface area contributed by atoms with Gasteiger partial charge in [-0.2, -0.15) is 0 Å². The van der Waals surface area contributed by atoms with Crippen molar-refractivity contribution in [1.29, 1.82) is 0 Å². The van der Waals surface area contributed by atoms with E-state index in [9.17, 15) is 0 Å². The monoisotopic (exact) mass is 239 g/mol. The third kappa shape index (κ3) is 1.81. The lowest BCUT2D eigenvalue weighted by atomic mass is 10.1. The van der Waals surface area contributed by atoms with Crippen LogP contribution in [0.4, 0.5) is 5.69 Å². The van der Waals surface area contributed by atoms with E-state index < -0.39 is 0 Å². The number of anilines is 1. The number of benzene rings is 2. The number of hydrogen-bond donors (Lipinski definition) is 1. The molecule has 0 saturated heterocycles. The molecular weight excluding hydrogens is 226 g/mol. The van der Waals surface area contributed by atoms with Gasteiger partial charge in [0.15, 0.2) is 0 Å². The van der Waals surface area contributed by atoms with Gasteiger partial charge in [0.2, 0.25) is 0 Å².